The SMILES string of the molecule is C[C@H](c1cc(Cl)ccc1C(F)(F)F)N1CCNc2nnc(-c3nc(C4CCNC4)no3)cc21. The molecular weight excluding hydrogens is 459 g/mol. The molecule has 1 fully saturated rings. The Balaban J connectivity index is 1.50. The van der Waals surface area contributed by atoms with E-state index in [1.54, 1.807) is 13.0 Å². The minimum absolute atomic E-state index is 0.0926. The monoisotopic (exact) mass is 479 g/mol. The largest absolute Gasteiger partial charge is 0.416 e. The van der Waals surface area contributed by atoms with Crippen molar-refractivity contribution in [2.45, 2.75) is 31.5 Å². The molecule has 12 heteroatoms. The maximum atomic E-state index is 13.7. The van der Waals surface area contributed by atoms with Gasteiger partial charge in [-0.05, 0) is 49.7 Å². The fourth-order valence-electron chi connectivity index (χ4n) is 4.33. The van der Waals surface area contributed by atoms with E-state index in [9.17, 15) is 13.2 Å². The zero-order valence-electron chi connectivity index (χ0n) is 17.7. The predicted octanol–water partition coefficient (Wildman–Crippen LogP) is 4.27. The third-order valence-electron chi connectivity index (χ3n) is 6.05. The second kappa shape index (κ2) is 8.45. The summed E-state index contributed by atoms with van der Waals surface area (Å²) < 4.78 is 46.5. The molecule has 2 N–H and O–H groups in total. The van der Waals surface area contributed by atoms with Crippen molar-refractivity contribution in [3.05, 3.63) is 46.2 Å². The molecule has 0 saturated carbocycles. The summed E-state index contributed by atoms with van der Waals surface area (Å²) in [6, 6.07) is 4.73. The van der Waals surface area contributed by atoms with E-state index in [0.29, 0.717) is 36.1 Å². The topological polar surface area (TPSA) is 92.0 Å². The molecule has 0 bridgehead atoms. The van der Waals surface area contributed by atoms with Crippen molar-refractivity contribution in [1.82, 2.24) is 25.7 Å². The number of nitrogens with zero attached hydrogens (tertiary/aromatic N) is 5. The van der Waals surface area contributed by atoms with Gasteiger partial charge < -0.3 is 20.1 Å². The number of alkyl halides is 3. The molecule has 0 amide bonds. The van der Waals surface area contributed by atoms with Crippen LogP contribution in [0.4, 0.5) is 24.7 Å². The highest BCUT2D eigenvalue weighted by Gasteiger charge is 2.37. The van der Waals surface area contributed by atoms with Crippen LogP contribution in [-0.4, -0.2) is 46.5 Å². The second-order valence-corrected chi connectivity index (χ2v) is 8.57. The van der Waals surface area contributed by atoms with Crippen LogP contribution in [-0.2, 0) is 6.18 Å². The Bertz CT molecular complexity index is 1160. The number of nitrogens with one attached hydrogen (secondary N) is 2. The highest BCUT2D eigenvalue weighted by molar-refractivity contribution is 6.30. The van der Waals surface area contributed by atoms with E-state index >= 15 is 0 Å². The van der Waals surface area contributed by atoms with E-state index in [1.165, 1.54) is 12.1 Å². The van der Waals surface area contributed by atoms with Gasteiger partial charge in [-0.15, -0.1) is 10.2 Å². The van der Waals surface area contributed by atoms with E-state index in [2.05, 4.69) is 31.0 Å². The van der Waals surface area contributed by atoms with E-state index in [0.717, 1.165) is 25.6 Å². The van der Waals surface area contributed by atoms with Crippen molar-refractivity contribution in [2.75, 3.05) is 36.4 Å². The van der Waals surface area contributed by atoms with Crippen LogP contribution in [0, 0.1) is 0 Å². The molecule has 3 aromatic rings. The summed E-state index contributed by atoms with van der Waals surface area (Å²) in [6.07, 6.45) is -3.58. The Hall–Kier alpha value is -2.92. The quantitative estimate of drug-likeness (QED) is 0.573. The van der Waals surface area contributed by atoms with Crippen LogP contribution in [0.1, 0.15) is 42.3 Å². The van der Waals surface area contributed by atoms with Crippen LogP contribution in [0.15, 0.2) is 28.8 Å². The van der Waals surface area contributed by atoms with Crippen molar-refractivity contribution in [1.29, 1.82) is 0 Å². The van der Waals surface area contributed by atoms with Crippen molar-refractivity contribution in [3.8, 4) is 11.6 Å². The molecule has 33 heavy (non-hydrogen) atoms. The summed E-state index contributed by atoms with van der Waals surface area (Å²) in [4.78, 5) is 6.32. The molecule has 2 atom stereocenters. The van der Waals surface area contributed by atoms with Crippen molar-refractivity contribution in [3.63, 3.8) is 0 Å². The normalized spacial score (nSPS) is 19.3. The minimum Gasteiger partial charge on any atom is -0.365 e. The number of aromatic nitrogens is 4. The summed E-state index contributed by atoms with van der Waals surface area (Å²) in [6.45, 7) is 4.37. The van der Waals surface area contributed by atoms with Crippen molar-refractivity contribution in [2.24, 2.45) is 0 Å². The number of halogens is 4. The van der Waals surface area contributed by atoms with Gasteiger partial charge in [-0.2, -0.15) is 18.2 Å². The van der Waals surface area contributed by atoms with Crippen LogP contribution in [0.5, 0.6) is 0 Å². The van der Waals surface area contributed by atoms with E-state index in [4.69, 9.17) is 16.1 Å². The Kier molecular flexibility index (Phi) is 5.61. The van der Waals surface area contributed by atoms with Gasteiger partial charge in [0.05, 0.1) is 17.3 Å². The highest BCUT2D eigenvalue weighted by Crippen LogP contribution is 2.41. The van der Waals surface area contributed by atoms with Crippen LogP contribution in [0.3, 0.4) is 0 Å². The van der Waals surface area contributed by atoms with Gasteiger partial charge in [-0.3, -0.25) is 0 Å². The van der Waals surface area contributed by atoms with Crippen LogP contribution >= 0.6 is 11.6 Å². The molecule has 1 aromatic carbocycles. The third kappa shape index (κ3) is 4.22. The van der Waals surface area contributed by atoms with Crippen molar-refractivity contribution < 1.29 is 17.7 Å². The molecule has 1 saturated heterocycles. The number of fused-ring (bicyclic) bond motifs is 1. The number of benzene rings is 1. The van der Waals surface area contributed by atoms with Gasteiger partial charge in [0.15, 0.2) is 17.3 Å². The fraction of sp³-hybridized carbons (Fsp3) is 0.429. The molecule has 8 nitrogen and oxygen atoms in total. The van der Waals surface area contributed by atoms with Gasteiger partial charge in [0.2, 0.25) is 0 Å². The van der Waals surface area contributed by atoms with Crippen LogP contribution in [0.25, 0.3) is 11.6 Å². The first-order valence-electron chi connectivity index (χ1n) is 10.6. The molecule has 174 valence electrons. The number of hydrogen-bond donors (Lipinski definition) is 2. The minimum atomic E-state index is -4.50. The third-order valence-corrected chi connectivity index (χ3v) is 6.29. The maximum Gasteiger partial charge on any atom is 0.416 e. The lowest BCUT2D eigenvalue weighted by molar-refractivity contribution is -0.138. The smallest absolute Gasteiger partial charge is 0.365 e. The molecule has 2 aliphatic heterocycles. The molecule has 4 heterocycles. The first kappa shape index (κ1) is 21.9. The van der Waals surface area contributed by atoms with Gasteiger partial charge in [0.1, 0.15) is 0 Å². The average Bonchev–Trinajstić information content (AvgIpc) is 3.49. The summed E-state index contributed by atoms with van der Waals surface area (Å²) >= 11 is 6.06. The molecule has 2 aliphatic rings. The Labute approximate surface area is 192 Å². The highest BCUT2D eigenvalue weighted by atomic mass is 35.5. The molecular formula is C21H21ClF3N7O. The fourth-order valence-corrected chi connectivity index (χ4v) is 4.51. The van der Waals surface area contributed by atoms with E-state index in [1.807, 2.05) is 4.90 Å². The Morgan fingerprint density at radius 1 is 1.21 bits per heavy atom. The lowest BCUT2D eigenvalue weighted by Gasteiger charge is -2.37. The van der Waals surface area contributed by atoms with E-state index < -0.39 is 17.8 Å². The first-order chi connectivity index (χ1) is 15.8. The summed E-state index contributed by atoms with van der Waals surface area (Å²) in [7, 11) is 0. The second-order valence-electron chi connectivity index (χ2n) is 8.14. The van der Waals surface area contributed by atoms with Gasteiger partial charge in [0, 0.05) is 30.6 Å². The van der Waals surface area contributed by atoms with Gasteiger partial charge in [-0.1, -0.05) is 16.8 Å². The molecule has 2 aromatic heterocycles. The molecule has 0 aliphatic carbocycles. The molecule has 5 rings (SSSR count). The molecule has 1 unspecified atom stereocenters. The first-order valence-corrected chi connectivity index (χ1v) is 11.0. The van der Waals surface area contributed by atoms with Crippen molar-refractivity contribution >= 4 is 23.1 Å². The summed E-state index contributed by atoms with van der Waals surface area (Å²) in [5.74, 6) is 1.48. The zero-order valence-corrected chi connectivity index (χ0v) is 18.4. The van der Waals surface area contributed by atoms with Gasteiger partial charge in [-0.25, -0.2) is 0 Å². The lowest BCUT2D eigenvalue weighted by Crippen LogP contribution is -2.37. The summed E-state index contributed by atoms with van der Waals surface area (Å²) in [5.41, 5.74) is 0.346. The van der Waals surface area contributed by atoms with Crippen LogP contribution in [0.2, 0.25) is 5.02 Å². The number of anilines is 2. The van der Waals surface area contributed by atoms with Crippen LogP contribution < -0.4 is 15.5 Å². The number of hydrogen-bond acceptors (Lipinski definition) is 8. The molecule has 0 radical (unpaired) electrons. The standard InChI is InChI=1S/C21H21ClF3N7O/c1-11(14-8-13(22)2-3-15(14)21(23,24)25)32-7-6-27-19-17(32)9-16(29-30-19)20-28-18(31-33-20)12-4-5-26-10-12/h2-3,8-9,11-12,26H,4-7,10H2,1H3,(H,27,30)/t11-,12?/m1/s1. The van der Waals surface area contributed by atoms with E-state index in [-0.39, 0.29) is 22.4 Å². The summed E-state index contributed by atoms with van der Waals surface area (Å²) in [5, 5.41) is 19.1. The van der Waals surface area contributed by atoms with Gasteiger partial charge in [0.25, 0.3) is 5.89 Å². The Morgan fingerprint density at radius 2 is 2.06 bits per heavy atom. The zero-order chi connectivity index (χ0) is 23.2. The molecule has 0 spiro atoms. The average molecular weight is 480 g/mol. The maximum absolute atomic E-state index is 13.7. The predicted molar refractivity (Wildman–Crippen MR) is 116 cm³/mol. The number of rotatable bonds is 4. The lowest BCUT2D eigenvalue weighted by atomic mass is 9.98. The van der Waals surface area contributed by atoms with Gasteiger partial charge >= 0.3 is 6.18 Å². The Morgan fingerprint density at radius 3 is 2.82 bits per heavy atom.